The maximum absolute atomic E-state index is 9.52. The van der Waals surface area contributed by atoms with Gasteiger partial charge in [-0.05, 0) is 73.4 Å². The van der Waals surface area contributed by atoms with Crippen molar-refractivity contribution in [1.82, 2.24) is 9.88 Å². The number of nitrogens with one attached hydrogen (secondary N) is 1. The highest BCUT2D eigenvalue weighted by Crippen LogP contribution is 2.23. The molecule has 1 aromatic heterocycles. The molecule has 1 saturated carbocycles. The Labute approximate surface area is 123 Å². The lowest BCUT2D eigenvalue weighted by Gasteiger charge is -2.26. The molecule has 0 amide bonds. The number of anilines is 1. The second kappa shape index (κ2) is 6.68. The number of hydrogen-bond donors (Lipinski definition) is 2. The summed E-state index contributed by atoms with van der Waals surface area (Å²) in [6.07, 6.45) is 3.68. The van der Waals surface area contributed by atoms with Gasteiger partial charge in [0.2, 0.25) is 0 Å². The molecule has 2 N–H and O–H groups in total. The predicted molar refractivity (Wildman–Crippen MR) is 81.2 cm³/mol. The van der Waals surface area contributed by atoms with Crippen LogP contribution in [-0.4, -0.2) is 41.2 Å². The van der Waals surface area contributed by atoms with Gasteiger partial charge in [0, 0.05) is 12.6 Å². The maximum Gasteiger partial charge on any atom is 0.127 e. The van der Waals surface area contributed by atoms with Crippen molar-refractivity contribution in [2.75, 3.05) is 19.4 Å². The number of aliphatic hydroxyl groups excluding tert-OH is 1. The van der Waals surface area contributed by atoms with E-state index in [0.29, 0.717) is 6.04 Å². The molecule has 0 aliphatic heterocycles. The van der Waals surface area contributed by atoms with E-state index >= 15 is 0 Å². The van der Waals surface area contributed by atoms with Gasteiger partial charge in [-0.3, -0.25) is 0 Å². The summed E-state index contributed by atoms with van der Waals surface area (Å²) in [7, 11) is 4.12. The Hall–Kier alpha value is -0.650. The van der Waals surface area contributed by atoms with Gasteiger partial charge in [0.25, 0.3) is 0 Å². The van der Waals surface area contributed by atoms with Crippen molar-refractivity contribution in [2.45, 2.75) is 44.4 Å². The Morgan fingerprint density at radius 1 is 1.32 bits per heavy atom. The fourth-order valence-electron chi connectivity index (χ4n) is 2.51. The monoisotopic (exact) mass is 327 g/mol. The molecule has 1 aromatic rings. The van der Waals surface area contributed by atoms with Crippen molar-refractivity contribution in [3.05, 3.63) is 22.3 Å². The number of aliphatic hydroxyl groups is 1. The van der Waals surface area contributed by atoms with Gasteiger partial charge in [0.1, 0.15) is 10.4 Å². The molecule has 0 saturated heterocycles. The lowest BCUT2D eigenvalue weighted by molar-refractivity contribution is 0.126. The van der Waals surface area contributed by atoms with E-state index in [2.05, 4.69) is 57.4 Å². The van der Waals surface area contributed by atoms with Crippen molar-refractivity contribution in [1.29, 1.82) is 0 Å². The Kier molecular flexibility index (Phi) is 5.19. The van der Waals surface area contributed by atoms with Gasteiger partial charge in [-0.25, -0.2) is 4.98 Å². The molecule has 1 aliphatic rings. The van der Waals surface area contributed by atoms with Crippen LogP contribution in [0.2, 0.25) is 0 Å². The normalized spacial score (nSPS) is 23.6. The lowest BCUT2D eigenvalue weighted by atomic mass is 9.93. The van der Waals surface area contributed by atoms with Crippen LogP contribution in [0.25, 0.3) is 0 Å². The number of rotatable bonds is 4. The quantitative estimate of drug-likeness (QED) is 0.834. The van der Waals surface area contributed by atoms with Crippen LogP contribution < -0.4 is 5.32 Å². The topological polar surface area (TPSA) is 48.4 Å². The van der Waals surface area contributed by atoms with E-state index < -0.39 is 0 Å². The minimum Gasteiger partial charge on any atom is -0.393 e. The van der Waals surface area contributed by atoms with E-state index in [4.69, 9.17) is 0 Å². The third-order valence-corrected chi connectivity index (χ3v) is 3.81. The number of aromatic nitrogens is 1. The van der Waals surface area contributed by atoms with Gasteiger partial charge >= 0.3 is 0 Å². The van der Waals surface area contributed by atoms with E-state index in [0.717, 1.165) is 42.6 Å². The lowest BCUT2D eigenvalue weighted by Crippen LogP contribution is -2.28. The van der Waals surface area contributed by atoms with Gasteiger partial charge in [-0.15, -0.1) is 0 Å². The molecule has 0 aromatic carbocycles. The summed E-state index contributed by atoms with van der Waals surface area (Å²) in [4.78, 5) is 6.62. The summed E-state index contributed by atoms with van der Waals surface area (Å²) in [6, 6.07) is 4.59. The Morgan fingerprint density at radius 3 is 2.63 bits per heavy atom. The fourth-order valence-corrected chi connectivity index (χ4v) is 2.99. The molecule has 0 spiro atoms. The third-order valence-electron chi connectivity index (χ3n) is 3.40. The zero-order chi connectivity index (χ0) is 13.8. The fraction of sp³-hybridized carbons (Fsp3) is 0.643. The second-order valence-electron chi connectivity index (χ2n) is 5.57. The van der Waals surface area contributed by atoms with Crippen molar-refractivity contribution >= 4 is 21.7 Å². The van der Waals surface area contributed by atoms with Crippen LogP contribution in [0.5, 0.6) is 0 Å². The minimum absolute atomic E-state index is 0.113. The van der Waals surface area contributed by atoms with Crippen LogP contribution in [0.1, 0.15) is 31.2 Å². The summed E-state index contributed by atoms with van der Waals surface area (Å²) < 4.78 is 0.866. The first-order chi connectivity index (χ1) is 9.02. The van der Waals surface area contributed by atoms with Crippen molar-refractivity contribution < 1.29 is 5.11 Å². The maximum atomic E-state index is 9.52. The standard InChI is InChI=1S/C14H22BrN3O/c1-18(2)9-10-7-13(15)17-14(8-10)16-11-3-5-12(19)6-4-11/h7-8,11-12,19H,3-6,9H2,1-2H3,(H,16,17). The first kappa shape index (κ1) is 14.8. The highest BCUT2D eigenvalue weighted by atomic mass is 79.9. The van der Waals surface area contributed by atoms with Crippen molar-refractivity contribution in [3.63, 3.8) is 0 Å². The Morgan fingerprint density at radius 2 is 2.00 bits per heavy atom. The molecule has 0 atom stereocenters. The third kappa shape index (κ3) is 4.75. The average molecular weight is 328 g/mol. The number of hydrogen-bond acceptors (Lipinski definition) is 4. The van der Waals surface area contributed by atoms with Crippen LogP contribution in [0.15, 0.2) is 16.7 Å². The van der Waals surface area contributed by atoms with E-state index in [1.165, 1.54) is 5.56 Å². The SMILES string of the molecule is CN(C)Cc1cc(Br)nc(NC2CCC(O)CC2)c1. The first-order valence-corrected chi connectivity index (χ1v) is 7.58. The molecule has 1 fully saturated rings. The minimum atomic E-state index is -0.113. The average Bonchev–Trinajstić information content (AvgIpc) is 2.30. The molecule has 106 valence electrons. The number of halogens is 1. The van der Waals surface area contributed by atoms with Gasteiger partial charge < -0.3 is 15.3 Å². The highest BCUT2D eigenvalue weighted by molar-refractivity contribution is 9.10. The van der Waals surface area contributed by atoms with Gasteiger partial charge in [-0.1, -0.05) is 0 Å². The van der Waals surface area contributed by atoms with Crippen molar-refractivity contribution in [3.8, 4) is 0 Å². The zero-order valence-electron chi connectivity index (χ0n) is 11.6. The Bertz CT molecular complexity index is 417. The molecule has 0 radical (unpaired) electrons. The highest BCUT2D eigenvalue weighted by Gasteiger charge is 2.19. The largest absolute Gasteiger partial charge is 0.393 e. The molecular weight excluding hydrogens is 306 g/mol. The molecule has 19 heavy (non-hydrogen) atoms. The molecule has 1 aliphatic carbocycles. The van der Waals surface area contributed by atoms with E-state index in [-0.39, 0.29) is 6.10 Å². The molecule has 0 unspecified atom stereocenters. The first-order valence-electron chi connectivity index (χ1n) is 6.78. The summed E-state index contributed by atoms with van der Waals surface area (Å²) >= 11 is 3.47. The molecule has 2 rings (SSSR count). The predicted octanol–water partition coefficient (Wildman–Crippen LogP) is 2.62. The molecule has 5 heteroatoms. The Balaban J connectivity index is 2.01. The van der Waals surface area contributed by atoms with Gasteiger partial charge in [0.15, 0.2) is 0 Å². The smallest absolute Gasteiger partial charge is 0.127 e. The molecule has 0 bridgehead atoms. The molecule has 4 nitrogen and oxygen atoms in total. The van der Waals surface area contributed by atoms with Gasteiger partial charge in [-0.2, -0.15) is 0 Å². The van der Waals surface area contributed by atoms with E-state index in [1.54, 1.807) is 0 Å². The molecule has 1 heterocycles. The summed E-state index contributed by atoms with van der Waals surface area (Å²) in [5, 5.41) is 13.0. The number of pyridine rings is 1. The van der Waals surface area contributed by atoms with E-state index in [1.807, 2.05) is 0 Å². The molecular formula is C14H22BrN3O. The van der Waals surface area contributed by atoms with Crippen LogP contribution in [0, 0.1) is 0 Å². The second-order valence-corrected chi connectivity index (χ2v) is 6.38. The van der Waals surface area contributed by atoms with Crippen LogP contribution in [-0.2, 0) is 6.54 Å². The zero-order valence-corrected chi connectivity index (χ0v) is 13.2. The summed E-state index contributed by atoms with van der Waals surface area (Å²) in [5.74, 6) is 0.924. The van der Waals surface area contributed by atoms with Gasteiger partial charge in [0.05, 0.1) is 6.10 Å². The van der Waals surface area contributed by atoms with Crippen LogP contribution in [0.4, 0.5) is 5.82 Å². The summed E-state index contributed by atoms with van der Waals surface area (Å²) in [6.45, 7) is 0.902. The summed E-state index contributed by atoms with van der Waals surface area (Å²) in [5.41, 5.74) is 1.24. The van der Waals surface area contributed by atoms with E-state index in [9.17, 15) is 5.11 Å². The van der Waals surface area contributed by atoms with Crippen LogP contribution in [0.3, 0.4) is 0 Å². The van der Waals surface area contributed by atoms with Crippen LogP contribution >= 0.6 is 15.9 Å². The number of nitrogens with zero attached hydrogens (tertiary/aromatic N) is 2. The van der Waals surface area contributed by atoms with Crippen molar-refractivity contribution in [2.24, 2.45) is 0 Å².